The molecule has 31 heavy (non-hydrogen) atoms. The summed E-state index contributed by atoms with van der Waals surface area (Å²) in [7, 11) is 0. The summed E-state index contributed by atoms with van der Waals surface area (Å²) in [5, 5.41) is 0. The third kappa shape index (κ3) is 3.50. The van der Waals surface area contributed by atoms with Crippen LogP contribution in [0.1, 0.15) is 22.7 Å². The summed E-state index contributed by atoms with van der Waals surface area (Å²) in [6, 6.07) is 14.8. The molecule has 8 heteroatoms. The van der Waals surface area contributed by atoms with Crippen molar-refractivity contribution in [2.45, 2.75) is 11.6 Å². The Morgan fingerprint density at radius 3 is 2.03 bits per heavy atom. The van der Waals surface area contributed by atoms with Gasteiger partial charge >= 0.3 is 6.09 Å². The molecule has 3 aromatic rings. The second kappa shape index (κ2) is 7.79. The Balaban J connectivity index is 2.07. The first kappa shape index (κ1) is 20.5. The van der Waals surface area contributed by atoms with E-state index in [0.29, 0.717) is 0 Å². The molecule has 1 heterocycles. The quantitative estimate of drug-likeness (QED) is 0.670. The van der Waals surface area contributed by atoms with E-state index >= 15 is 0 Å². The van der Waals surface area contributed by atoms with Crippen molar-refractivity contribution in [3.05, 3.63) is 107 Å². The first-order valence-electron chi connectivity index (χ1n) is 9.37. The van der Waals surface area contributed by atoms with E-state index in [9.17, 15) is 22.8 Å². The predicted molar refractivity (Wildman–Crippen MR) is 105 cm³/mol. The van der Waals surface area contributed by atoms with Gasteiger partial charge in [0.1, 0.15) is 30.0 Å². The number of benzene rings is 3. The van der Waals surface area contributed by atoms with Crippen molar-refractivity contribution in [3.8, 4) is 0 Å². The molecule has 3 aromatic carbocycles. The number of hydrogen-bond acceptors (Lipinski definition) is 3. The molecule has 2 amide bonds. The number of carbonyl (C=O) groups excluding carboxylic acids is 2. The molecule has 0 bridgehead atoms. The second-order valence-corrected chi connectivity index (χ2v) is 7.14. The van der Waals surface area contributed by atoms with Gasteiger partial charge < -0.3 is 10.5 Å². The fourth-order valence-corrected chi connectivity index (χ4v) is 4.02. The van der Waals surface area contributed by atoms with Gasteiger partial charge in [0, 0.05) is 16.7 Å². The minimum Gasteiger partial charge on any atom is -0.430 e. The summed E-state index contributed by atoms with van der Waals surface area (Å²) in [4.78, 5) is 25.6. The molecule has 1 aliphatic heterocycles. The second-order valence-electron chi connectivity index (χ2n) is 7.14. The van der Waals surface area contributed by atoms with Crippen LogP contribution >= 0.6 is 0 Å². The van der Waals surface area contributed by atoms with Gasteiger partial charge in [0.05, 0.1) is 0 Å². The van der Waals surface area contributed by atoms with Crippen LogP contribution in [0, 0.1) is 17.5 Å². The Morgan fingerprint density at radius 1 is 0.935 bits per heavy atom. The van der Waals surface area contributed by atoms with E-state index in [0.717, 1.165) is 17.0 Å². The summed E-state index contributed by atoms with van der Waals surface area (Å²) in [5.41, 5.74) is 3.77. The molecule has 5 nitrogen and oxygen atoms in total. The van der Waals surface area contributed by atoms with Gasteiger partial charge in [-0.05, 0) is 30.3 Å². The number of nitrogens with zero attached hydrogens (tertiary/aromatic N) is 1. The molecule has 1 aliphatic rings. The normalized spacial score (nSPS) is 17.5. The monoisotopic (exact) mass is 426 g/mol. The molecule has 1 fully saturated rings. The largest absolute Gasteiger partial charge is 0.430 e. The number of carbonyl (C=O) groups is 2. The zero-order chi connectivity index (χ0) is 22.2. The van der Waals surface area contributed by atoms with Crippen molar-refractivity contribution in [3.63, 3.8) is 0 Å². The number of amides is 2. The van der Waals surface area contributed by atoms with Crippen LogP contribution in [0.3, 0.4) is 0 Å². The molecule has 1 unspecified atom stereocenters. The lowest BCUT2D eigenvalue weighted by Crippen LogP contribution is -2.41. The summed E-state index contributed by atoms with van der Waals surface area (Å²) >= 11 is 0. The number of ether oxygens (including phenoxy) is 1. The number of primary amides is 1. The van der Waals surface area contributed by atoms with Crippen molar-refractivity contribution >= 4 is 12.0 Å². The zero-order valence-electron chi connectivity index (χ0n) is 16.1. The van der Waals surface area contributed by atoms with E-state index in [1.807, 2.05) is 0 Å². The van der Waals surface area contributed by atoms with Crippen molar-refractivity contribution in [2.75, 3.05) is 6.54 Å². The van der Waals surface area contributed by atoms with Gasteiger partial charge in [0.15, 0.2) is 5.60 Å². The molecular weight excluding hydrogens is 409 g/mol. The number of rotatable bonds is 5. The summed E-state index contributed by atoms with van der Waals surface area (Å²) in [5.74, 6) is -2.81. The van der Waals surface area contributed by atoms with Crippen LogP contribution in [0.2, 0.25) is 0 Å². The SMILES string of the molecule is NC(=O)CN1C(=O)OC(c2cccc(F)c2)(c2cccc(F)c2)C1c1ccccc1F. The maximum atomic E-state index is 15.0. The van der Waals surface area contributed by atoms with Gasteiger partial charge in [0.25, 0.3) is 0 Å². The molecule has 4 rings (SSSR count). The number of nitrogens with two attached hydrogens (primary N) is 1. The maximum absolute atomic E-state index is 15.0. The van der Waals surface area contributed by atoms with Crippen molar-refractivity contribution < 1.29 is 27.5 Å². The number of hydrogen-bond donors (Lipinski definition) is 1. The van der Waals surface area contributed by atoms with E-state index in [1.54, 1.807) is 6.07 Å². The molecule has 1 atom stereocenters. The van der Waals surface area contributed by atoms with Crippen LogP contribution in [0.25, 0.3) is 0 Å². The standard InChI is InChI=1S/C23H17F3N2O3/c24-16-7-3-5-14(11-16)23(15-6-4-8-17(25)12-15)21(18-9-1-2-10-19(18)26)28(13-20(27)29)22(30)31-23/h1-12,21H,13H2,(H2,27,29). The van der Waals surface area contributed by atoms with Crippen LogP contribution in [-0.2, 0) is 15.1 Å². The lowest BCUT2D eigenvalue weighted by Gasteiger charge is -2.36. The summed E-state index contributed by atoms with van der Waals surface area (Å²) < 4.78 is 49.1. The lowest BCUT2D eigenvalue weighted by molar-refractivity contribution is -0.118. The Hall–Kier alpha value is -3.81. The highest BCUT2D eigenvalue weighted by atomic mass is 19.1. The van der Waals surface area contributed by atoms with E-state index < -0.39 is 47.6 Å². The molecule has 0 saturated carbocycles. The molecule has 0 aromatic heterocycles. The maximum Gasteiger partial charge on any atom is 0.412 e. The first-order chi connectivity index (χ1) is 14.8. The van der Waals surface area contributed by atoms with Gasteiger partial charge in [-0.15, -0.1) is 0 Å². The molecule has 0 aliphatic carbocycles. The van der Waals surface area contributed by atoms with Crippen LogP contribution < -0.4 is 5.73 Å². The van der Waals surface area contributed by atoms with E-state index in [2.05, 4.69) is 0 Å². The van der Waals surface area contributed by atoms with E-state index in [1.165, 1.54) is 54.6 Å². The molecule has 0 spiro atoms. The van der Waals surface area contributed by atoms with Crippen molar-refractivity contribution in [1.29, 1.82) is 0 Å². The Morgan fingerprint density at radius 2 is 1.52 bits per heavy atom. The highest BCUT2D eigenvalue weighted by Crippen LogP contribution is 2.52. The highest BCUT2D eigenvalue weighted by Gasteiger charge is 2.58. The molecule has 1 saturated heterocycles. The Bertz CT molecular complexity index is 1120. The molecular formula is C23H17F3N2O3. The zero-order valence-corrected chi connectivity index (χ0v) is 16.1. The highest BCUT2D eigenvalue weighted by molar-refractivity contribution is 5.83. The fraction of sp³-hybridized carbons (Fsp3) is 0.130. The summed E-state index contributed by atoms with van der Waals surface area (Å²) in [6.07, 6.45) is -0.972. The van der Waals surface area contributed by atoms with E-state index in [-0.39, 0.29) is 16.7 Å². The predicted octanol–water partition coefficient (Wildman–Crippen LogP) is 4.03. The van der Waals surface area contributed by atoms with Gasteiger partial charge in [-0.3, -0.25) is 9.69 Å². The summed E-state index contributed by atoms with van der Waals surface area (Å²) in [6.45, 7) is -0.579. The topological polar surface area (TPSA) is 72.6 Å². The van der Waals surface area contributed by atoms with Crippen LogP contribution in [0.5, 0.6) is 0 Å². The third-order valence-corrected chi connectivity index (χ3v) is 5.21. The average Bonchev–Trinajstić information content (AvgIpc) is 3.01. The first-order valence-corrected chi connectivity index (χ1v) is 9.37. The molecule has 0 radical (unpaired) electrons. The number of cyclic esters (lactones) is 1. The third-order valence-electron chi connectivity index (χ3n) is 5.21. The minimum absolute atomic E-state index is 0.00289. The number of halogens is 3. The van der Waals surface area contributed by atoms with E-state index in [4.69, 9.17) is 10.5 Å². The van der Waals surface area contributed by atoms with Gasteiger partial charge in [-0.25, -0.2) is 18.0 Å². The lowest BCUT2D eigenvalue weighted by atomic mass is 9.77. The van der Waals surface area contributed by atoms with Gasteiger partial charge in [-0.1, -0.05) is 42.5 Å². The van der Waals surface area contributed by atoms with Crippen LogP contribution in [0.4, 0.5) is 18.0 Å². The molecule has 158 valence electrons. The van der Waals surface area contributed by atoms with Crippen LogP contribution in [0.15, 0.2) is 72.8 Å². The minimum atomic E-state index is -1.85. The Labute approximate surface area is 175 Å². The smallest absolute Gasteiger partial charge is 0.412 e. The fourth-order valence-electron chi connectivity index (χ4n) is 4.02. The molecule has 2 N–H and O–H groups in total. The Kier molecular flexibility index (Phi) is 5.14. The van der Waals surface area contributed by atoms with Crippen molar-refractivity contribution in [2.24, 2.45) is 5.73 Å². The average molecular weight is 426 g/mol. The van der Waals surface area contributed by atoms with Gasteiger partial charge in [0.2, 0.25) is 5.91 Å². The van der Waals surface area contributed by atoms with Crippen molar-refractivity contribution in [1.82, 2.24) is 4.90 Å². The van der Waals surface area contributed by atoms with Crippen LogP contribution in [-0.4, -0.2) is 23.4 Å². The van der Waals surface area contributed by atoms with Gasteiger partial charge in [-0.2, -0.15) is 0 Å².